The Bertz CT molecular complexity index is 2790. The highest BCUT2D eigenvalue weighted by molar-refractivity contribution is 5.75. The summed E-state index contributed by atoms with van der Waals surface area (Å²) in [5.41, 5.74) is 3.01. The molecule has 3 aliphatic heterocycles. The summed E-state index contributed by atoms with van der Waals surface area (Å²) in [5.74, 6) is -2.29. The maximum atomic E-state index is 13.7. The SMILES string of the molecule is CC[C@@H]1C=C[C@@H](NC(=O)OCc2ccccc2)[C@@H](O[C@H]2[C@H](O[C@@H]3O[C@H](CO)[C@@H](O[C@H]4O[C@@H](CNC(=O)OCc5ccccc5)C=C[C@H]4NC(=O)OCc4ccccc4)[C@H]3O)[C@@H](O)[C@H](CC(=O)N(O)CCNC(=O)OCc3ccccc3)C[C@@H]2C)O1. The van der Waals surface area contributed by atoms with Gasteiger partial charge in [-0.3, -0.25) is 10.0 Å². The molecule has 5 amide bonds. The molecular weight excluding hydrogens is 1110 g/mol. The monoisotopic (exact) mass is 1180 g/mol. The summed E-state index contributed by atoms with van der Waals surface area (Å²) in [6.07, 6.45) is -10.5. The number of nitrogens with zero attached hydrogens (tertiary/aromatic N) is 1. The van der Waals surface area contributed by atoms with E-state index in [9.17, 15) is 44.5 Å². The highest BCUT2D eigenvalue weighted by atomic mass is 16.8. The van der Waals surface area contributed by atoms with Crippen LogP contribution in [0.4, 0.5) is 19.2 Å². The summed E-state index contributed by atoms with van der Waals surface area (Å²) in [6, 6.07) is 34.2. The minimum absolute atomic E-state index is 0.00634. The second-order valence-electron chi connectivity index (χ2n) is 20.9. The van der Waals surface area contributed by atoms with Crippen molar-refractivity contribution in [3.63, 3.8) is 0 Å². The number of hydroxylamine groups is 2. The molecule has 0 aromatic heterocycles. The van der Waals surface area contributed by atoms with Crippen LogP contribution in [-0.2, 0) is 78.6 Å². The van der Waals surface area contributed by atoms with Crippen LogP contribution in [0.15, 0.2) is 146 Å². The van der Waals surface area contributed by atoms with E-state index in [-0.39, 0.29) is 52.5 Å². The van der Waals surface area contributed by atoms with Crippen molar-refractivity contribution in [3.05, 3.63) is 168 Å². The van der Waals surface area contributed by atoms with Gasteiger partial charge in [-0.1, -0.05) is 159 Å². The Morgan fingerprint density at radius 2 is 1.00 bits per heavy atom. The average Bonchev–Trinajstić information content (AvgIpc) is 2.61. The molecule has 4 aromatic rings. The van der Waals surface area contributed by atoms with Crippen LogP contribution >= 0.6 is 0 Å². The fourth-order valence-electron chi connectivity index (χ4n) is 10.0. The van der Waals surface area contributed by atoms with Gasteiger partial charge in [-0.05, 0) is 46.9 Å². The van der Waals surface area contributed by atoms with Crippen molar-refractivity contribution in [2.75, 3.05) is 26.2 Å². The first-order chi connectivity index (χ1) is 41.2. The zero-order valence-corrected chi connectivity index (χ0v) is 47.2. The van der Waals surface area contributed by atoms with Gasteiger partial charge in [-0.15, -0.1) is 0 Å². The van der Waals surface area contributed by atoms with Crippen molar-refractivity contribution < 1.29 is 91.9 Å². The number of aliphatic hydroxyl groups excluding tert-OH is 3. The number of carbonyl (C=O) groups is 5. The quantitative estimate of drug-likeness (QED) is 0.0182. The molecule has 0 radical (unpaired) electrons. The lowest BCUT2D eigenvalue weighted by atomic mass is 9.74. The molecule has 0 bridgehead atoms. The number of aliphatic hydroxyl groups is 3. The van der Waals surface area contributed by atoms with E-state index in [1.807, 2.05) is 67.6 Å². The van der Waals surface area contributed by atoms with E-state index < -0.39 is 135 Å². The molecule has 1 aliphatic carbocycles. The van der Waals surface area contributed by atoms with Crippen LogP contribution in [0.25, 0.3) is 0 Å². The molecule has 85 heavy (non-hydrogen) atoms. The third-order valence-corrected chi connectivity index (χ3v) is 14.6. The maximum Gasteiger partial charge on any atom is 0.408 e. The van der Waals surface area contributed by atoms with E-state index in [0.29, 0.717) is 11.5 Å². The van der Waals surface area contributed by atoms with Gasteiger partial charge in [-0.2, -0.15) is 0 Å². The molecule has 24 nitrogen and oxygen atoms in total. The van der Waals surface area contributed by atoms with Gasteiger partial charge >= 0.3 is 24.4 Å². The first-order valence-electron chi connectivity index (χ1n) is 28.3. The number of rotatable bonds is 25. The first-order valence-corrected chi connectivity index (χ1v) is 28.3. The van der Waals surface area contributed by atoms with Crippen LogP contribution in [-0.4, -0.2) is 162 Å². The number of amides is 5. The molecule has 1 saturated heterocycles. The van der Waals surface area contributed by atoms with E-state index in [1.165, 1.54) is 0 Å². The van der Waals surface area contributed by atoms with Gasteiger partial charge in [0.15, 0.2) is 18.9 Å². The van der Waals surface area contributed by atoms with Gasteiger partial charge in [0.1, 0.15) is 62.9 Å². The second kappa shape index (κ2) is 32.1. The Kier molecular flexibility index (Phi) is 24.0. The third kappa shape index (κ3) is 19.0. The summed E-state index contributed by atoms with van der Waals surface area (Å²) in [6.45, 7) is 2.26. The van der Waals surface area contributed by atoms with Gasteiger partial charge in [0, 0.05) is 13.0 Å². The topological polar surface area (TPSA) is 310 Å². The lowest BCUT2D eigenvalue weighted by molar-refractivity contribution is -0.291. The Morgan fingerprint density at radius 1 is 0.553 bits per heavy atom. The van der Waals surface area contributed by atoms with E-state index in [1.54, 1.807) is 91.9 Å². The molecular formula is C61H75N5O19. The smallest absolute Gasteiger partial charge is 0.408 e. The van der Waals surface area contributed by atoms with Crippen molar-refractivity contribution in [3.8, 4) is 0 Å². The van der Waals surface area contributed by atoms with Crippen LogP contribution in [0.1, 0.15) is 55.4 Å². The van der Waals surface area contributed by atoms with Crippen molar-refractivity contribution in [1.29, 1.82) is 0 Å². The summed E-state index contributed by atoms with van der Waals surface area (Å²) in [7, 11) is 0. The normalized spacial score (nSPS) is 27.9. The minimum atomic E-state index is -1.75. The Labute approximate surface area is 492 Å². The highest BCUT2D eigenvalue weighted by Gasteiger charge is 2.53. The average molecular weight is 1180 g/mol. The molecule has 15 atom stereocenters. The highest BCUT2D eigenvalue weighted by Crippen LogP contribution is 2.40. The van der Waals surface area contributed by atoms with Gasteiger partial charge in [0.2, 0.25) is 5.91 Å². The Hall–Kier alpha value is -7.49. The zero-order chi connectivity index (χ0) is 60.1. The summed E-state index contributed by atoms with van der Waals surface area (Å²) >= 11 is 0. The maximum absolute atomic E-state index is 13.7. The van der Waals surface area contributed by atoms with Gasteiger partial charge < -0.3 is 84.0 Å². The van der Waals surface area contributed by atoms with Crippen molar-refractivity contribution in [1.82, 2.24) is 26.3 Å². The molecule has 2 fully saturated rings. The molecule has 0 spiro atoms. The lowest BCUT2D eigenvalue weighted by Gasteiger charge is -2.46. The van der Waals surface area contributed by atoms with Crippen molar-refractivity contribution in [2.45, 2.75) is 139 Å². The van der Waals surface area contributed by atoms with Crippen LogP contribution in [0.5, 0.6) is 0 Å². The fraction of sp³-hybridized carbons (Fsp3) is 0.459. The Balaban J connectivity index is 0.974. The van der Waals surface area contributed by atoms with E-state index in [2.05, 4.69) is 21.3 Å². The predicted octanol–water partition coefficient (Wildman–Crippen LogP) is 5.26. The molecule has 4 aliphatic rings. The number of benzene rings is 4. The van der Waals surface area contributed by atoms with Crippen molar-refractivity contribution >= 4 is 30.3 Å². The van der Waals surface area contributed by atoms with Crippen LogP contribution in [0.2, 0.25) is 0 Å². The van der Waals surface area contributed by atoms with E-state index in [0.717, 1.165) is 22.3 Å². The summed E-state index contributed by atoms with van der Waals surface area (Å²) < 4.78 is 60.1. The molecule has 4 aromatic carbocycles. The first kappa shape index (κ1) is 63.5. The number of carbonyl (C=O) groups excluding carboxylic acids is 5. The predicted molar refractivity (Wildman–Crippen MR) is 300 cm³/mol. The number of hydrogen-bond acceptors (Lipinski definition) is 19. The second-order valence-corrected chi connectivity index (χ2v) is 20.9. The largest absolute Gasteiger partial charge is 0.445 e. The molecule has 3 heterocycles. The molecule has 8 N–H and O–H groups in total. The van der Waals surface area contributed by atoms with Crippen LogP contribution in [0, 0.1) is 11.8 Å². The molecule has 1 saturated carbocycles. The third-order valence-electron chi connectivity index (χ3n) is 14.6. The zero-order valence-electron chi connectivity index (χ0n) is 47.2. The van der Waals surface area contributed by atoms with Crippen molar-refractivity contribution in [2.24, 2.45) is 11.8 Å². The molecule has 24 heteroatoms. The summed E-state index contributed by atoms with van der Waals surface area (Å²) in [4.78, 5) is 65.4. The fourth-order valence-corrected chi connectivity index (χ4v) is 10.0. The van der Waals surface area contributed by atoms with E-state index >= 15 is 0 Å². The number of hydrogen-bond donors (Lipinski definition) is 8. The number of ether oxygens (including phenoxy) is 10. The van der Waals surface area contributed by atoms with Gasteiger partial charge in [0.05, 0.1) is 44.1 Å². The minimum Gasteiger partial charge on any atom is -0.445 e. The molecule has 8 rings (SSSR count). The lowest BCUT2D eigenvalue weighted by Crippen LogP contribution is -2.59. The van der Waals surface area contributed by atoms with Gasteiger partial charge in [-0.25, -0.2) is 24.2 Å². The summed E-state index contributed by atoms with van der Waals surface area (Å²) in [5, 5.41) is 57.3. The number of alkyl carbamates (subject to hydrolysis) is 4. The molecule has 0 unspecified atom stereocenters. The van der Waals surface area contributed by atoms with Crippen LogP contribution < -0.4 is 21.3 Å². The van der Waals surface area contributed by atoms with Crippen LogP contribution in [0.3, 0.4) is 0 Å². The number of nitrogens with one attached hydrogen (secondary N) is 4. The Morgan fingerprint density at radius 3 is 1.49 bits per heavy atom. The van der Waals surface area contributed by atoms with Gasteiger partial charge in [0.25, 0.3) is 0 Å². The molecule has 458 valence electrons. The van der Waals surface area contributed by atoms with E-state index in [4.69, 9.17) is 47.4 Å². The standard InChI is InChI=1S/C61H75N5O19/c1-3-44-24-26-46(64-60(73)78-36-41-20-12-6-13-21-41)55(80-44)83-52-38(2)30-43(31-49(68)66(75)29-28-62-58(71)76-34-39-16-8-4-9-17-39)50(69)54(52)85-57-51(70)53(48(33-67)82-57)84-56-47(65-61(74)79-37-42-22-14-7-15-23-42)27-25-45(81-56)32-63-59(72)77-35-40-18-10-5-11-19-40/h4-27,38,43-48,50-57,67,69-70,75H,3,28-37H2,1-2H3,(H,62,71)(H,63,72)(H,64,73)(H,65,74)/t38-,43-,44+,45+,46+,47+,48+,50-,51+,52+,53+,54+,55+,56+,57-/m0/s1.